The van der Waals surface area contributed by atoms with Crippen LogP contribution in [0.5, 0.6) is 5.75 Å². The van der Waals surface area contributed by atoms with Crippen LogP contribution in [0.2, 0.25) is 0 Å². The number of imide groups is 1. The Morgan fingerprint density at radius 1 is 1.12 bits per heavy atom. The van der Waals surface area contributed by atoms with Crippen molar-refractivity contribution in [1.82, 2.24) is 4.90 Å². The normalized spacial score (nSPS) is 14.4. The lowest BCUT2D eigenvalue weighted by Gasteiger charge is -2.12. The molecule has 5 nitrogen and oxygen atoms in total. The summed E-state index contributed by atoms with van der Waals surface area (Å²) in [5.41, 5.74) is 1.47. The highest BCUT2D eigenvalue weighted by atomic mass is 32.1. The molecule has 1 N–H and O–H groups in total. The third-order valence-corrected chi connectivity index (χ3v) is 4.72. The second-order valence-corrected chi connectivity index (χ2v) is 6.53. The van der Waals surface area contributed by atoms with Crippen molar-refractivity contribution in [3.8, 4) is 5.75 Å². The Kier molecular flexibility index (Phi) is 5.19. The zero-order valence-electron chi connectivity index (χ0n) is 14.2. The molecule has 0 radical (unpaired) electrons. The van der Waals surface area contributed by atoms with E-state index < -0.39 is 0 Å². The van der Waals surface area contributed by atoms with Crippen LogP contribution in [0.1, 0.15) is 25.1 Å². The van der Waals surface area contributed by atoms with Gasteiger partial charge in [0.2, 0.25) is 0 Å². The number of ether oxygens (including phenoxy) is 1. The molecule has 0 aliphatic carbocycles. The van der Waals surface area contributed by atoms with Gasteiger partial charge < -0.3 is 10.1 Å². The average Bonchev–Trinajstić information content (AvgIpc) is 3.21. The molecule has 1 aliphatic heterocycles. The molecule has 0 fully saturated rings. The van der Waals surface area contributed by atoms with E-state index in [4.69, 9.17) is 4.74 Å². The van der Waals surface area contributed by atoms with Crippen molar-refractivity contribution < 1.29 is 14.3 Å². The molecule has 1 aliphatic rings. The van der Waals surface area contributed by atoms with Gasteiger partial charge in [-0.3, -0.25) is 14.5 Å². The summed E-state index contributed by atoms with van der Waals surface area (Å²) in [4.78, 5) is 27.4. The predicted octanol–water partition coefficient (Wildman–Crippen LogP) is 3.75. The van der Waals surface area contributed by atoms with Crippen molar-refractivity contribution in [2.45, 2.75) is 20.3 Å². The minimum atomic E-state index is -0.296. The minimum Gasteiger partial charge on any atom is -0.494 e. The fourth-order valence-electron chi connectivity index (χ4n) is 2.66. The van der Waals surface area contributed by atoms with Crippen molar-refractivity contribution in [3.63, 3.8) is 0 Å². The van der Waals surface area contributed by atoms with Gasteiger partial charge in [0.25, 0.3) is 11.8 Å². The summed E-state index contributed by atoms with van der Waals surface area (Å²) in [5.74, 6) is 0.181. The summed E-state index contributed by atoms with van der Waals surface area (Å²) in [5, 5.41) is 5.03. The van der Waals surface area contributed by atoms with E-state index in [0.717, 1.165) is 22.7 Å². The van der Waals surface area contributed by atoms with Gasteiger partial charge >= 0.3 is 0 Å². The maximum absolute atomic E-state index is 12.7. The molecule has 2 heterocycles. The summed E-state index contributed by atoms with van der Waals surface area (Å²) in [7, 11) is 0. The Morgan fingerprint density at radius 2 is 1.96 bits per heavy atom. The summed E-state index contributed by atoms with van der Waals surface area (Å²) in [6, 6.07) is 11.1. The van der Waals surface area contributed by atoms with Gasteiger partial charge in [-0.2, -0.15) is 0 Å². The van der Waals surface area contributed by atoms with Crippen molar-refractivity contribution in [2.24, 2.45) is 0 Å². The number of hydrogen-bond donors (Lipinski definition) is 1. The van der Waals surface area contributed by atoms with E-state index in [1.165, 1.54) is 16.2 Å². The van der Waals surface area contributed by atoms with Gasteiger partial charge in [0, 0.05) is 23.2 Å². The number of anilines is 1. The van der Waals surface area contributed by atoms with Crippen LogP contribution in [0.25, 0.3) is 5.57 Å². The molecule has 0 saturated carbocycles. The molecule has 0 saturated heterocycles. The maximum Gasteiger partial charge on any atom is 0.278 e. The number of amides is 2. The molecule has 2 aromatic rings. The highest BCUT2D eigenvalue weighted by molar-refractivity contribution is 7.11. The number of thiophene rings is 1. The van der Waals surface area contributed by atoms with Crippen LogP contribution in [0.15, 0.2) is 47.5 Å². The van der Waals surface area contributed by atoms with Crippen molar-refractivity contribution in [2.75, 3.05) is 18.5 Å². The lowest BCUT2D eigenvalue weighted by molar-refractivity contribution is -0.136. The van der Waals surface area contributed by atoms with Crippen molar-refractivity contribution in [1.29, 1.82) is 0 Å². The van der Waals surface area contributed by atoms with Gasteiger partial charge in [0.1, 0.15) is 11.4 Å². The fraction of sp³-hybridized carbons (Fsp3) is 0.263. The maximum atomic E-state index is 12.7. The Labute approximate surface area is 150 Å². The van der Waals surface area contributed by atoms with E-state index in [9.17, 15) is 9.59 Å². The molecule has 0 spiro atoms. The first kappa shape index (κ1) is 17.2. The lowest BCUT2D eigenvalue weighted by atomic mass is 10.2. The van der Waals surface area contributed by atoms with Gasteiger partial charge in [0.05, 0.1) is 12.2 Å². The SMILES string of the molecule is CCCOc1cccc(NC2=C(c3cccs3)C(=O)N(CC)C2=O)c1. The first-order valence-electron chi connectivity index (χ1n) is 8.30. The minimum absolute atomic E-state index is 0.254. The van der Waals surface area contributed by atoms with Gasteiger partial charge in [0.15, 0.2) is 0 Å². The first-order chi connectivity index (χ1) is 12.2. The third-order valence-electron chi connectivity index (χ3n) is 3.83. The van der Waals surface area contributed by atoms with Crippen molar-refractivity contribution >= 4 is 34.4 Å². The molecular formula is C19H20N2O3S. The summed E-state index contributed by atoms with van der Waals surface area (Å²) in [6.07, 6.45) is 0.920. The molecule has 0 bridgehead atoms. The molecule has 0 unspecified atom stereocenters. The van der Waals surface area contributed by atoms with E-state index in [1.807, 2.05) is 48.7 Å². The van der Waals surface area contributed by atoms with Crippen LogP contribution >= 0.6 is 11.3 Å². The van der Waals surface area contributed by atoms with Crippen LogP contribution in [0, 0.1) is 0 Å². The van der Waals surface area contributed by atoms with Gasteiger partial charge in [-0.25, -0.2) is 0 Å². The van der Waals surface area contributed by atoms with Crippen LogP contribution in [0.3, 0.4) is 0 Å². The fourth-order valence-corrected chi connectivity index (χ4v) is 3.42. The predicted molar refractivity (Wildman–Crippen MR) is 99.5 cm³/mol. The van der Waals surface area contributed by atoms with Gasteiger partial charge in [-0.15, -0.1) is 11.3 Å². The number of carbonyl (C=O) groups is 2. The molecule has 1 aromatic carbocycles. The Balaban J connectivity index is 1.95. The van der Waals surface area contributed by atoms with Gasteiger partial charge in [-0.05, 0) is 36.9 Å². The van der Waals surface area contributed by atoms with E-state index >= 15 is 0 Å². The number of benzene rings is 1. The summed E-state index contributed by atoms with van der Waals surface area (Å²) >= 11 is 1.44. The van der Waals surface area contributed by atoms with E-state index in [-0.39, 0.29) is 11.8 Å². The Morgan fingerprint density at radius 3 is 2.64 bits per heavy atom. The molecule has 3 rings (SSSR count). The zero-order valence-corrected chi connectivity index (χ0v) is 15.1. The number of likely N-dealkylation sites (N-methyl/N-ethyl adjacent to an activating group) is 1. The molecule has 0 atom stereocenters. The van der Waals surface area contributed by atoms with Gasteiger partial charge in [-0.1, -0.05) is 19.1 Å². The average molecular weight is 356 g/mol. The molecule has 2 amide bonds. The highest BCUT2D eigenvalue weighted by Crippen LogP contribution is 2.33. The lowest BCUT2D eigenvalue weighted by Crippen LogP contribution is -2.32. The molecular weight excluding hydrogens is 336 g/mol. The standard InChI is InChI=1S/C19H20N2O3S/c1-3-10-24-14-8-5-7-13(12-14)20-17-16(15-9-6-11-25-15)18(22)21(4-2)19(17)23/h5-9,11-12,20H,3-4,10H2,1-2H3. The smallest absolute Gasteiger partial charge is 0.278 e. The Hall–Kier alpha value is -2.60. The summed E-state index contributed by atoms with van der Waals surface area (Å²) in [6.45, 7) is 4.82. The van der Waals surface area contributed by atoms with Crippen LogP contribution in [-0.2, 0) is 9.59 Å². The largest absolute Gasteiger partial charge is 0.494 e. The second-order valence-electron chi connectivity index (χ2n) is 5.58. The van der Waals surface area contributed by atoms with E-state index in [2.05, 4.69) is 5.32 Å². The molecule has 130 valence electrons. The molecule has 25 heavy (non-hydrogen) atoms. The first-order valence-corrected chi connectivity index (χ1v) is 9.17. The van der Waals surface area contributed by atoms with Crippen LogP contribution in [0.4, 0.5) is 5.69 Å². The number of carbonyl (C=O) groups excluding carboxylic acids is 2. The van der Waals surface area contributed by atoms with Crippen LogP contribution < -0.4 is 10.1 Å². The Bertz CT molecular complexity index is 812. The zero-order chi connectivity index (χ0) is 17.8. The highest BCUT2D eigenvalue weighted by Gasteiger charge is 2.38. The monoisotopic (exact) mass is 356 g/mol. The number of hydrogen-bond acceptors (Lipinski definition) is 5. The van der Waals surface area contributed by atoms with E-state index in [1.54, 1.807) is 6.92 Å². The molecule has 6 heteroatoms. The number of nitrogens with zero attached hydrogens (tertiary/aromatic N) is 1. The topological polar surface area (TPSA) is 58.6 Å². The number of rotatable bonds is 7. The van der Waals surface area contributed by atoms with Crippen LogP contribution in [-0.4, -0.2) is 29.9 Å². The summed E-state index contributed by atoms with van der Waals surface area (Å²) < 4.78 is 5.63. The van der Waals surface area contributed by atoms with Crippen molar-refractivity contribution in [3.05, 3.63) is 52.4 Å². The third kappa shape index (κ3) is 3.44. The molecule has 1 aromatic heterocycles. The number of nitrogens with one attached hydrogen (secondary N) is 1. The second kappa shape index (κ2) is 7.53. The van der Waals surface area contributed by atoms with E-state index in [0.29, 0.717) is 24.4 Å². The quantitative estimate of drug-likeness (QED) is 0.768.